The van der Waals surface area contributed by atoms with Crippen LogP contribution in [0.2, 0.25) is 0 Å². The minimum Gasteiger partial charge on any atom is -0.317 e. The van der Waals surface area contributed by atoms with E-state index in [1.54, 1.807) is 0 Å². The second-order valence-corrected chi connectivity index (χ2v) is 5.56. The maximum atomic E-state index is 4.80. The van der Waals surface area contributed by atoms with Crippen molar-refractivity contribution in [2.45, 2.75) is 38.6 Å². The third-order valence-electron chi connectivity index (χ3n) is 4.15. The Morgan fingerprint density at radius 3 is 2.57 bits per heavy atom. The summed E-state index contributed by atoms with van der Waals surface area (Å²) in [6, 6.07) is 12.9. The normalized spacial score (nSPS) is 15.7. The predicted molar refractivity (Wildman–Crippen MR) is 89.2 cm³/mol. The number of nitrogens with zero attached hydrogens (tertiary/aromatic N) is 2. The maximum absolute atomic E-state index is 4.80. The molecule has 0 unspecified atom stereocenters. The number of aryl methyl sites for hydroxylation is 1. The molecule has 1 aromatic carbocycles. The number of piperidine rings is 1. The van der Waals surface area contributed by atoms with Gasteiger partial charge in [-0.1, -0.05) is 30.3 Å². The Morgan fingerprint density at radius 2 is 1.90 bits per heavy atom. The third-order valence-corrected chi connectivity index (χ3v) is 4.15. The van der Waals surface area contributed by atoms with Crippen LogP contribution < -0.4 is 5.32 Å². The molecule has 0 bridgehead atoms. The molecule has 0 saturated carbocycles. The zero-order valence-corrected chi connectivity index (χ0v) is 13.4. The Morgan fingerprint density at radius 1 is 1.19 bits per heavy atom. The first kappa shape index (κ1) is 16.1. The molecule has 4 heteroatoms. The highest BCUT2D eigenvalue weighted by Gasteiger charge is 2.20. The summed E-state index contributed by atoms with van der Waals surface area (Å²) < 4.78 is 2.20. The van der Waals surface area contributed by atoms with E-state index in [-0.39, 0.29) is 12.4 Å². The monoisotopic (exact) mass is 305 g/mol. The van der Waals surface area contributed by atoms with Crippen LogP contribution in [0.25, 0.3) is 0 Å². The van der Waals surface area contributed by atoms with Crippen molar-refractivity contribution in [3.05, 3.63) is 53.3 Å². The van der Waals surface area contributed by atoms with E-state index in [0.29, 0.717) is 5.92 Å². The molecule has 1 aliphatic heterocycles. The van der Waals surface area contributed by atoms with Gasteiger partial charge in [0.1, 0.15) is 0 Å². The Hall–Kier alpha value is -1.32. The smallest absolute Gasteiger partial charge is 0.0671 e. The van der Waals surface area contributed by atoms with Gasteiger partial charge in [0.05, 0.1) is 5.69 Å². The minimum atomic E-state index is 0. The van der Waals surface area contributed by atoms with Crippen molar-refractivity contribution in [1.82, 2.24) is 15.1 Å². The van der Waals surface area contributed by atoms with E-state index in [9.17, 15) is 0 Å². The molecule has 1 aliphatic rings. The number of nitrogens with one attached hydrogen (secondary N) is 1. The Kier molecular flexibility index (Phi) is 5.83. The average molecular weight is 306 g/mol. The van der Waals surface area contributed by atoms with Crippen LogP contribution in [0.5, 0.6) is 0 Å². The Labute approximate surface area is 133 Å². The Balaban J connectivity index is 0.00000161. The number of rotatable bonds is 4. The van der Waals surface area contributed by atoms with E-state index in [1.807, 2.05) is 0 Å². The summed E-state index contributed by atoms with van der Waals surface area (Å²) in [5.41, 5.74) is 3.97. The van der Waals surface area contributed by atoms with Gasteiger partial charge in [0.25, 0.3) is 0 Å². The van der Waals surface area contributed by atoms with Crippen LogP contribution in [0.15, 0.2) is 36.4 Å². The van der Waals surface area contributed by atoms with Crippen LogP contribution in [-0.4, -0.2) is 22.9 Å². The standard InChI is InChI=1S/C17H23N3.ClH/c1-2-20-17(15-8-10-18-11-9-15)13-16(19-20)12-14-6-4-3-5-7-14;/h3-7,13,15,18H,2,8-12H2,1H3;1H. The lowest BCUT2D eigenvalue weighted by atomic mass is 9.94. The third kappa shape index (κ3) is 3.86. The molecule has 3 rings (SSSR count). The van der Waals surface area contributed by atoms with Crippen molar-refractivity contribution in [3.8, 4) is 0 Å². The van der Waals surface area contributed by atoms with Gasteiger partial charge in [0, 0.05) is 24.6 Å². The Bertz CT molecular complexity index is 544. The van der Waals surface area contributed by atoms with Crippen molar-refractivity contribution in [3.63, 3.8) is 0 Å². The second-order valence-electron chi connectivity index (χ2n) is 5.56. The molecule has 2 aromatic rings. The van der Waals surface area contributed by atoms with Gasteiger partial charge in [-0.2, -0.15) is 5.10 Å². The average Bonchev–Trinajstić information content (AvgIpc) is 2.92. The van der Waals surface area contributed by atoms with Gasteiger partial charge in [0.15, 0.2) is 0 Å². The first-order valence-corrected chi connectivity index (χ1v) is 7.68. The largest absolute Gasteiger partial charge is 0.317 e. The molecule has 21 heavy (non-hydrogen) atoms. The summed E-state index contributed by atoms with van der Waals surface area (Å²) in [5, 5.41) is 8.23. The highest BCUT2D eigenvalue weighted by Crippen LogP contribution is 2.26. The molecule has 1 N–H and O–H groups in total. The molecule has 1 fully saturated rings. The van der Waals surface area contributed by atoms with Gasteiger partial charge in [-0.25, -0.2) is 0 Å². The molecule has 1 saturated heterocycles. The minimum absolute atomic E-state index is 0. The highest BCUT2D eigenvalue weighted by atomic mass is 35.5. The molecule has 0 spiro atoms. The molecule has 2 heterocycles. The lowest BCUT2D eigenvalue weighted by Crippen LogP contribution is -2.27. The van der Waals surface area contributed by atoms with Crippen LogP contribution in [0.3, 0.4) is 0 Å². The van der Waals surface area contributed by atoms with Crippen molar-refractivity contribution in [1.29, 1.82) is 0 Å². The van der Waals surface area contributed by atoms with Crippen molar-refractivity contribution < 1.29 is 0 Å². The highest BCUT2D eigenvalue weighted by molar-refractivity contribution is 5.85. The van der Waals surface area contributed by atoms with Crippen molar-refractivity contribution in [2.75, 3.05) is 13.1 Å². The first-order chi connectivity index (χ1) is 9.86. The molecule has 0 radical (unpaired) electrons. The van der Waals surface area contributed by atoms with Gasteiger partial charge >= 0.3 is 0 Å². The number of halogens is 1. The SMILES string of the molecule is CCn1nc(Cc2ccccc2)cc1C1CCNCC1.Cl. The van der Waals surface area contributed by atoms with Crippen LogP contribution in [0.4, 0.5) is 0 Å². The molecular weight excluding hydrogens is 282 g/mol. The topological polar surface area (TPSA) is 29.9 Å². The number of benzene rings is 1. The molecule has 0 amide bonds. The zero-order valence-electron chi connectivity index (χ0n) is 12.6. The van der Waals surface area contributed by atoms with Crippen LogP contribution in [-0.2, 0) is 13.0 Å². The van der Waals surface area contributed by atoms with E-state index >= 15 is 0 Å². The van der Waals surface area contributed by atoms with Crippen molar-refractivity contribution in [2.24, 2.45) is 0 Å². The van der Waals surface area contributed by atoms with Crippen LogP contribution in [0, 0.1) is 0 Å². The van der Waals surface area contributed by atoms with Crippen LogP contribution in [0.1, 0.15) is 42.6 Å². The fraction of sp³-hybridized carbons (Fsp3) is 0.471. The fourth-order valence-electron chi connectivity index (χ4n) is 3.08. The van der Waals surface area contributed by atoms with E-state index in [0.717, 1.165) is 26.1 Å². The first-order valence-electron chi connectivity index (χ1n) is 7.68. The summed E-state index contributed by atoms with van der Waals surface area (Å²) in [4.78, 5) is 0. The summed E-state index contributed by atoms with van der Waals surface area (Å²) >= 11 is 0. The number of hydrogen-bond donors (Lipinski definition) is 1. The van der Waals surface area contributed by atoms with Gasteiger partial charge in [-0.05, 0) is 44.5 Å². The predicted octanol–water partition coefficient (Wildman–Crippen LogP) is 3.38. The molecular formula is C17H24ClN3. The number of aromatic nitrogens is 2. The van der Waals surface area contributed by atoms with E-state index in [2.05, 4.69) is 53.3 Å². The maximum Gasteiger partial charge on any atom is 0.0671 e. The number of hydrogen-bond acceptors (Lipinski definition) is 2. The summed E-state index contributed by atoms with van der Waals surface area (Å²) in [6.07, 6.45) is 3.40. The van der Waals surface area contributed by atoms with E-state index in [4.69, 9.17) is 5.10 Å². The zero-order chi connectivity index (χ0) is 13.8. The summed E-state index contributed by atoms with van der Waals surface area (Å²) in [5.74, 6) is 0.674. The summed E-state index contributed by atoms with van der Waals surface area (Å²) in [6.45, 7) is 5.42. The molecule has 3 nitrogen and oxygen atoms in total. The van der Waals surface area contributed by atoms with Gasteiger partial charge in [-0.3, -0.25) is 4.68 Å². The van der Waals surface area contributed by atoms with Crippen molar-refractivity contribution >= 4 is 12.4 Å². The fourth-order valence-corrected chi connectivity index (χ4v) is 3.08. The lowest BCUT2D eigenvalue weighted by Gasteiger charge is -2.23. The van der Waals surface area contributed by atoms with Gasteiger partial charge in [0.2, 0.25) is 0 Å². The van der Waals surface area contributed by atoms with Gasteiger partial charge < -0.3 is 5.32 Å². The van der Waals surface area contributed by atoms with E-state index in [1.165, 1.54) is 29.8 Å². The molecule has 114 valence electrons. The lowest BCUT2D eigenvalue weighted by molar-refractivity contribution is 0.432. The molecule has 0 atom stereocenters. The van der Waals surface area contributed by atoms with E-state index < -0.39 is 0 Å². The van der Waals surface area contributed by atoms with Crippen LogP contribution >= 0.6 is 12.4 Å². The molecule has 1 aromatic heterocycles. The molecule has 0 aliphatic carbocycles. The second kappa shape index (κ2) is 7.62. The quantitative estimate of drug-likeness (QED) is 0.938. The summed E-state index contributed by atoms with van der Waals surface area (Å²) in [7, 11) is 0. The van der Waals surface area contributed by atoms with Gasteiger partial charge in [-0.15, -0.1) is 12.4 Å².